The van der Waals surface area contributed by atoms with Crippen LogP contribution in [0.1, 0.15) is 253 Å². The third-order valence-electron chi connectivity index (χ3n) is 9.98. The summed E-state index contributed by atoms with van der Waals surface area (Å²) in [7, 11) is -0.639. The minimum Gasteiger partial charge on any atom is -0.374 e. The van der Waals surface area contributed by atoms with Crippen LogP contribution in [0.5, 0.6) is 0 Å². The summed E-state index contributed by atoms with van der Waals surface area (Å²) in [5, 5.41) is 0. The Morgan fingerprint density at radius 3 is 0.902 bits per heavy atom. The van der Waals surface area contributed by atoms with Gasteiger partial charge in [0.1, 0.15) is 0 Å². The fourth-order valence-electron chi connectivity index (χ4n) is 6.66. The first-order valence-electron chi connectivity index (χ1n) is 23.0. The summed E-state index contributed by atoms with van der Waals surface area (Å²) in [6.45, 7) is 11.3. The Kier molecular flexibility index (Phi) is 44.6. The van der Waals surface area contributed by atoms with Crippen molar-refractivity contribution in [2.75, 3.05) is 11.5 Å². The molecular weight excluding hydrogens is 683 g/mol. The van der Waals surface area contributed by atoms with E-state index in [2.05, 4.69) is 34.6 Å². The highest BCUT2D eigenvalue weighted by molar-refractivity contribution is 8.00. The zero-order chi connectivity index (χ0) is 37.3. The standard InChI is InChI=1S/C44H91BO3S3/c1-6-11-13-15-17-19-21-23-25-27-29-31-33-35-40-50-43(38-9-4)47-45(46-42(49)37-8-3)48-44(39-10-5)51-41-36-34-32-30-28-26-24-22-20-18-16-14-12-7-2/h42-44,49H,6-41H2,1-5H3. The lowest BCUT2D eigenvalue weighted by atomic mass is 10.0. The molecule has 0 saturated heterocycles. The quantitative estimate of drug-likeness (QED) is 0.0288. The summed E-state index contributed by atoms with van der Waals surface area (Å²) in [6.07, 6.45) is 45.6. The minimum atomic E-state index is -0.639. The van der Waals surface area contributed by atoms with Gasteiger partial charge in [0.2, 0.25) is 0 Å². The largest absolute Gasteiger partial charge is 0.641 e. The SMILES string of the molecule is CCCCCCCCCCCCCCCCSC(CCC)OB(OC(S)CCC)OC(CCC)SCCCCCCCCCCCCCCCC. The maximum Gasteiger partial charge on any atom is 0.641 e. The van der Waals surface area contributed by atoms with Crippen molar-refractivity contribution in [2.45, 2.75) is 269 Å². The molecule has 3 atom stereocenters. The van der Waals surface area contributed by atoms with E-state index >= 15 is 0 Å². The van der Waals surface area contributed by atoms with Crippen LogP contribution in [0.2, 0.25) is 0 Å². The Morgan fingerprint density at radius 2 is 0.627 bits per heavy atom. The molecule has 7 heteroatoms. The predicted molar refractivity (Wildman–Crippen MR) is 240 cm³/mol. The molecule has 0 aliphatic rings. The van der Waals surface area contributed by atoms with Crippen LogP contribution in [0.4, 0.5) is 0 Å². The lowest BCUT2D eigenvalue weighted by Crippen LogP contribution is -2.36. The van der Waals surface area contributed by atoms with E-state index in [-0.39, 0.29) is 16.3 Å². The second-order valence-electron chi connectivity index (χ2n) is 15.3. The first kappa shape index (κ1) is 52.0. The molecule has 0 saturated carbocycles. The fourth-order valence-corrected chi connectivity index (χ4v) is 9.43. The molecule has 0 fully saturated rings. The average molecular weight is 775 g/mol. The molecule has 0 N–H and O–H groups in total. The number of unbranched alkanes of at least 4 members (excludes halogenated alkanes) is 26. The molecule has 0 aromatic rings. The van der Waals surface area contributed by atoms with Crippen molar-refractivity contribution in [3.63, 3.8) is 0 Å². The predicted octanol–water partition coefficient (Wildman–Crippen LogP) is 16.8. The molecule has 0 bridgehead atoms. The summed E-state index contributed by atoms with van der Waals surface area (Å²) in [4.78, 5) is 0. The molecule has 0 aliphatic heterocycles. The van der Waals surface area contributed by atoms with Crippen molar-refractivity contribution in [3.05, 3.63) is 0 Å². The van der Waals surface area contributed by atoms with Crippen molar-refractivity contribution in [3.8, 4) is 0 Å². The van der Waals surface area contributed by atoms with Gasteiger partial charge in [-0.25, -0.2) is 0 Å². The Labute approximate surface area is 336 Å². The van der Waals surface area contributed by atoms with E-state index < -0.39 is 7.32 Å². The third kappa shape index (κ3) is 39.0. The molecule has 3 unspecified atom stereocenters. The molecule has 0 amide bonds. The van der Waals surface area contributed by atoms with Crippen LogP contribution in [0.3, 0.4) is 0 Å². The zero-order valence-corrected chi connectivity index (χ0v) is 37.8. The molecule has 0 aromatic heterocycles. The average Bonchev–Trinajstić information content (AvgIpc) is 3.11. The molecule has 0 rings (SSSR count). The Morgan fingerprint density at radius 1 is 0.353 bits per heavy atom. The van der Waals surface area contributed by atoms with Gasteiger partial charge in [0.05, 0.1) is 16.3 Å². The van der Waals surface area contributed by atoms with Crippen LogP contribution < -0.4 is 0 Å². The van der Waals surface area contributed by atoms with Crippen LogP contribution in [-0.2, 0) is 14.0 Å². The number of thiol groups is 1. The maximum absolute atomic E-state index is 6.59. The van der Waals surface area contributed by atoms with Crippen molar-refractivity contribution < 1.29 is 14.0 Å². The zero-order valence-electron chi connectivity index (χ0n) is 35.3. The Hall–Kier alpha value is 0.995. The summed E-state index contributed by atoms with van der Waals surface area (Å²) in [5.41, 5.74) is 0.0700. The highest BCUT2D eigenvalue weighted by atomic mass is 32.2. The molecule has 51 heavy (non-hydrogen) atoms. The van der Waals surface area contributed by atoms with Crippen molar-refractivity contribution in [1.82, 2.24) is 0 Å². The molecule has 0 aliphatic carbocycles. The van der Waals surface area contributed by atoms with E-state index in [1.54, 1.807) is 0 Å². The highest BCUT2D eigenvalue weighted by Gasteiger charge is 2.31. The van der Waals surface area contributed by atoms with Crippen LogP contribution in [-0.4, -0.2) is 35.1 Å². The van der Waals surface area contributed by atoms with Crippen LogP contribution >= 0.6 is 36.2 Å². The van der Waals surface area contributed by atoms with Crippen LogP contribution in [0.15, 0.2) is 0 Å². The van der Waals surface area contributed by atoms with E-state index in [1.807, 2.05) is 23.5 Å². The monoisotopic (exact) mass is 775 g/mol. The topological polar surface area (TPSA) is 27.7 Å². The van der Waals surface area contributed by atoms with Crippen molar-refractivity contribution in [1.29, 1.82) is 0 Å². The number of thioether (sulfide) groups is 2. The van der Waals surface area contributed by atoms with Crippen molar-refractivity contribution in [2.24, 2.45) is 0 Å². The van der Waals surface area contributed by atoms with Crippen LogP contribution in [0, 0.1) is 0 Å². The van der Waals surface area contributed by atoms with Gasteiger partial charge < -0.3 is 14.0 Å². The second-order valence-corrected chi connectivity index (χ2v) is 18.4. The van der Waals surface area contributed by atoms with Gasteiger partial charge in [0.25, 0.3) is 0 Å². The molecule has 306 valence electrons. The van der Waals surface area contributed by atoms with Gasteiger partial charge in [-0.2, -0.15) is 0 Å². The lowest BCUT2D eigenvalue weighted by molar-refractivity contribution is 0.0635. The highest BCUT2D eigenvalue weighted by Crippen LogP contribution is 2.27. The van der Waals surface area contributed by atoms with E-state index in [9.17, 15) is 0 Å². The minimum absolute atomic E-state index is 0.113. The van der Waals surface area contributed by atoms with Gasteiger partial charge in [-0.3, -0.25) is 0 Å². The normalized spacial score (nSPS) is 13.5. The lowest BCUT2D eigenvalue weighted by Gasteiger charge is -2.27. The van der Waals surface area contributed by atoms with E-state index in [4.69, 9.17) is 26.6 Å². The molecule has 0 radical (unpaired) electrons. The maximum atomic E-state index is 6.59. The summed E-state index contributed by atoms with van der Waals surface area (Å²) < 4.78 is 19.5. The molecular formula is C44H91BO3S3. The third-order valence-corrected chi connectivity index (χ3v) is 12.8. The number of hydrogen-bond donors (Lipinski definition) is 1. The molecule has 0 aromatic carbocycles. The summed E-state index contributed by atoms with van der Waals surface area (Å²) >= 11 is 8.66. The number of hydrogen-bond acceptors (Lipinski definition) is 6. The first-order valence-corrected chi connectivity index (χ1v) is 25.6. The molecule has 0 spiro atoms. The summed E-state index contributed by atoms with van der Waals surface area (Å²) in [5.74, 6) is 2.31. The van der Waals surface area contributed by atoms with E-state index in [0.717, 1.165) is 50.0 Å². The van der Waals surface area contributed by atoms with Gasteiger partial charge in [-0.15, -0.1) is 36.2 Å². The Balaban J connectivity index is 4.33. The van der Waals surface area contributed by atoms with Gasteiger partial charge in [0.15, 0.2) is 0 Å². The Bertz CT molecular complexity index is 601. The number of rotatable bonds is 44. The van der Waals surface area contributed by atoms with E-state index in [1.165, 1.54) is 180 Å². The fraction of sp³-hybridized carbons (Fsp3) is 1.00. The first-order chi connectivity index (χ1) is 25.1. The molecule has 0 heterocycles. The van der Waals surface area contributed by atoms with Crippen LogP contribution in [0.25, 0.3) is 0 Å². The summed E-state index contributed by atoms with van der Waals surface area (Å²) in [6, 6.07) is 0. The van der Waals surface area contributed by atoms with E-state index in [0.29, 0.717) is 0 Å². The second kappa shape index (κ2) is 43.7. The smallest absolute Gasteiger partial charge is 0.374 e. The molecule has 3 nitrogen and oxygen atoms in total. The van der Waals surface area contributed by atoms with Gasteiger partial charge >= 0.3 is 7.32 Å². The van der Waals surface area contributed by atoms with Gasteiger partial charge in [0, 0.05) is 0 Å². The van der Waals surface area contributed by atoms with Gasteiger partial charge in [-0.1, -0.05) is 221 Å². The van der Waals surface area contributed by atoms with Gasteiger partial charge in [-0.05, 0) is 43.6 Å². The van der Waals surface area contributed by atoms with Crippen molar-refractivity contribution >= 4 is 43.5 Å².